The van der Waals surface area contributed by atoms with Gasteiger partial charge in [0, 0.05) is 11.5 Å². The average molecular weight is 308 g/mol. The Morgan fingerprint density at radius 2 is 1.73 bits per heavy atom. The van der Waals surface area contributed by atoms with Crippen LogP contribution >= 0.6 is 0 Å². The van der Waals surface area contributed by atoms with Crippen LogP contribution in [0.3, 0.4) is 0 Å². The highest BCUT2D eigenvalue weighted by molar-refractivity contribution is 5.77. The molecular formula is C19H35N2O+. The molecule has 0 unspecified atom stereocenters. The molecule has 3 aliphatic carbocycles. The summed E-state index contributed by atoms with van der Waals surface area (Å²) in [6.07, 6.45) is 10.9. The van der Waals surface area contributed by atoms with Gasteiger partial charge in [-0.2, -0.15) is 0 Å². The first-order chi connectivity index (χ1) is 10.4. The zero-order valence-corrected chi connectivity index (χ0v) is 14.8. The van der Waals surface area contributed by atoms with Gasteiger partial charge in [0.2, 0.25) is 0 Å². The van der Waals surface area contributed by atoms with Crippen LogP contribution in [0.5, 0.6) is 0 Å². The van der Waals surface area contributed by atoms with Crippen LogP contribution in [0.2, 0.25) is 0 Å². The topological polar surface area (TPSA) is 45.7 Å². The molecule has 1 amide bonds. The molecule has 3 nitrogen and oxygen atoms in total. The van der Waals surface area contributed by atoms with Gasteiger partial charge in [-0.15, -0.1) is 0 Å². The van der Waals surface area contributed by atoms with Crippen molar-refractivity contribution in [3.8, 4) is 0 Å². The van der Waals surface area contributed by atoms with E-state index in [4.69, 9.17) is 0 Å². The minimum absolute atomic E-state index is 0.00563. The van der Waals surface area contributed by atoms with E-state index < -0.39 is 0 Å². The number of nitrogens with two attached hydrogens (primary N) is 1. The molecule has 0 heterocycles. The molecule has 3 rings (SSSR count). The van der Waals surface area contributed by atoms with E-state index in [0.717, 1.165) is 18.4 Å². The third-order valence-electron chi connectivity index (χ3n) is 7.56. The van der Waals surface area contributed by atoms with Crippen molar-refractivity contribution in [2.75, 3.05) is 13.1 Å². The molecule has 0 saturated heterocycles. The lowest BCUT2D eigenvalue weighted by Crippen LogP contribution is -2.88. The highest BCUT2D eigenvalue weighted by Gasteiger charge is 2.60. The number of fused-ring (bicyclic) bond motifs is 2. The van der Waals surface area contributed by atoms with Gasteiger partial charge in [0.15, 0.2) is 6.54 Å². The fourth-order valence-electron chi connectivity index (χ4n) is 5.59. The van der Waals surface area contributed by atoms with Crippen LogP contribution in [0.15, 0.2) is 0 Å². The van der Waals surface area contributed by atoms with E-state index in [1.165, 1.54) is 51.4 Å². The largest absolute Gasteiger partial charge is 0.345 e. The Bertz CT molecular complexity index is 414. The summed E-state index contributed by atoms with van der Waals surface area (Å²) < 4.78 is 0. The summed E-state index contributed by atoms with van der Waals surface area (Å²) in [6, 6.07) is 0. The summed E-state index contributed by atoms with van der Waals surface area (Å²) in [7, 11) is 0. The molecule has 3 saturated carbocycles. The first-order valence-corrected chi connectivity index (χ1v) is 9.56. The Kier molecular flexibility index (Phi) is 4.55. The molecule has 3 N–H and O–H groups in total. The summed E-state index contributed by atoms with van der Waals surface area (Å²) in [5, 5.41) is 5.69. The van der Waals surface area contributed by atoms with Gasteiger partial charge in [-0.25, -0.2) is 0 Å². The number of nitrogens with one attached hydrogen (secondary N) is 1. The average Bonchev–Trinajstić information content (AvgIpc) is 3.03. The van der Waals surface area contributed by atoms with Gasteiger partial charge in [0.25, 0.3) is 5.91 Å². The summed E-state index contributed by atoms with van der Waals surface area (Å²) in [5.41, 5.74) is 0.251. The van der Waals surface area contributed by atoms with Crippen LogP contribution in [0, 0.1) is 23.2 Å². The quantitative estimate of drug-likeness (QED) is 0.805. The van der Waals surface area contributed by atoms with E-state index in [1.54, 1.807) is 0 Å². The molecule has 22 heavy (non-hydrogen) atoms. The second-order valence-electron chi connectivity index (χ2n) is 8.91. The van der Waals surface area contributed by atoms with Crippen molar-refractivity contribution < 1.29 is 10.1 Å². The molecule has 3 atom stereocenters. The van der Waals surface area contributed by atoms with Crippen molar-refractivity contribution in [2.45, 2.75) is 77.7 Å². The maximum absolute atomic E-state index is 12.5. The number of carbonyl (C=O) groups is 1. The summed E-state index contributed by atoms with van der Waals surface area (Å²) >= 11 is 0. The molecule has 3 fully saturated rings. The second-order valence-corrected chi connectivity index (χ2v) is 8.91. The van der Waals surface area contributed by atoms with Gasteiger partial charge in [-0.1, -0.05) is 33.1 Å². The van der Waals surface area contributed by atoms with Crippen LogP contribution in [-0.2, 0) is 4.79 Å². The number of carbonyl (C=O) groups excluding carboxylic acids is 1. The molecule has 3 aliphatic rings. The highest BCUT2D eigenvalue weighted by Crippen LogP contribution is 2.61. The first-order valence-electron chi connectivity index (χ1n) is 9.56. The molecule has 126 valence electrons. The lowest BCUT2D eigenvalue weighted by molar-refractivity contribution is -0.650. The van der Waals surface area contributed by atoms with E-state index in [0.29, 0.717) is 12.5 Å². The van der Waals surface area contributed by atoms with E-state index >= 15 is 0 Å². The fourth-order valence-corrected chi connectivity index (χ4v) is 5.59. The van der Waals surface area contributed by atoms with Gasteiger partial charge in [-0.3, -0.25) is 4.79 Å². The standard InChI is InChI=1S/C19H34N2O/c1-18(2)15-9-10-16(11-15)19(18,3)21-17(22)13-20-12-14-7-5-4-6-8-14/h14-16,20H,4-13H2,1-3H3,(H,21,22)/p+1/t15-,16+,19-/m1/s1. The molecule has 0 spiro atoms. The number of hydrogen-bond acceptors (Lipinski definition) is 1. The predicted molar refractivity (Wildman–Crippen MR) is 89.4 cm³/mol. The zero-order valence-electron chi connectivity index (χ0n) is 14.8. The third kappa shape index (κ3) is 2.81. The number of amides is 1. The maximum atomic E-state index is 12.5. The van der Waals surface area contributed by atoms with Crippen molar-refractivity contribution in [3.63, 3.8) is 0 Å². The molecular weight excluding hydrogens is 272 g/mol. The van der Waals surface area contributed by atoms with E-state index in [2.05, 4.69) is 31.4 Å². The molecule has 3 heteroatoms. The Hall–Kier alpha value is -0.570. The fraction of sp³-hybridized carbons (Fsp3) is 0.947. The second kappa shape index (κ2) is 6.14. The minimum Gasteiger partial charge on any atom is -0.345 e. The van der Waals surface area contributed by atoms with Crippen LogP contribution in [0.25, 0.3) is 0 Å². The van der Waals surface area contributed by atoms with Crippen molar-refractivity contribution in [1.82, 2.24) is 5.32 Å². The third-order valence-corrected chi connectivity index (χ3v) is 7.56. The van der Waals surface area contributed by atoms with E-state index in [-0.39, 0.29) is 16.9 Å². The van der Waals surface area contributed by atoms with Crippen molar-refractivity contribution in [3.05, 3.63) is 0 Å². The molecule has 0 radical (unpaired) electrons. The van der Waals surface area contributed by atoms with Gasteiger partial charge >= 0.3 is 0 Å². The van der Waals surface area contributed by atoms with Crippen molar-refractivity contribution in [2.24, 2.45) is 23.2 Å². The Balaban J connectivity index is 1.47. The van der Waals surface area contributed by atoms with Crippen molar-refractivity contribution in [1.29, 1.82) is 0 Å². The summed E-state index contributed by atoms with van der Waals surface area (Å²) in [5.74, 6) is 2.58. The lowest BCUT2D eigenvalue weighted by Gasteiger charge is -2.48. The van der Waals surface area contributed by atoms with Crippen LogP contribution in [0.1, 0.15) is 72.1 Å². The Morgan fingerprint density at radius 1 is 1.05 bits per heavy atom. The number of hydrogen-bond donors (Lipinski definition) is 2. The monoisotopic (exact) mass is 307 g/mol. The summed E-state index contributed by atoms with van der Waals surface area (Å²) in [4.78, 5) is 12.5. The normalized spacial score (nSPS) is 37.4. The highest BCUT2D eigenvalue weighted by atomic mass is 16.2. The SMILES string of the molecule is CC1(C)[C@@H]2CC[C@@H](C2)[C@@]1(C)NC(=O)C[NH2+]CC1CCCCC1. The number of rotatable bonds is 5. The molecule has 0 aromatic carbocycles. The molecule has 0 aromatic heterocycles. The first kappa shape index (κ1) is 16.3. The minimum atomic E-state index is 0.00563. The van der Waals surface area contributed by atoms with Gasteiger partial charge in [0.05, 0.1) is 6.54 Å². The zero-order chi connectivity index (χ0) is 15.8. The van der Waals surface area contributed by atoms with Crippen molar-refractivity contribution >= 4 is 5.91 Å². The number of quaternary nitrogens is 1. The maximum Gasteiger partial charge on any atom is 0.275 e. The Morgan fingerprint density at radius 3 is 2.36 bits per heavy atom. The lowest BCUT2D eigenvalue weighted by atomic mass is 9.64. The summed E-state index contributed by atoms with van der Waals surface area (Å²) in [6.45, 7) is 8.78. The smallest absolute Gasteiger partial charge is 0.275 e. The molecule has 2 bridgehead atoms. The van der Waals surface area contributed by atoms with Gasteiger partial charge in [0.1, 0.15) is 0 Å². The van der Waals surface area contributed by atoms with Gasteiger partial charge in [-0.05, 0) is 56.3 Å². The molecule has 0 aromatic rings. The van der Waals surface area contributed by atoms with E-state index in [9.17, 15) is 4.79 Å². The predicted octanol–water partition coefficient (Wildman–Crippen LogP) is 2.46. The van der Waals surface area contributed by atoms with Gasteiger partial charge < -0.3 is 10.6 Å². The Labute approximate surface area is 136 Å². The van der Waals surface area contributed by atoms with Crippen LogP contribution in [0.4, 0.5) is 0 Å². The molecule has 0 aliphatic heterocycles. The van der Waals surface area contributed by atoms with Crippen LogP contribution in [-0.4, -0.2) is 24.5 Å². The van der Waals surface area contributed by atoms with E-state index in [1.807, 2.05) is 0 Å². The van der Waals surface area contributed by atoms with Crippen LogP contribution < -0.4 is 10.6 Å².